The van der Waals surface area contributed by atoms with E-state index in [1.807, 2.05) is 44.2 Å². The van der Waals surface area contributed by atoms with Gasteiger partial charge in [0.2, 0.25) is 0 Å². The van der Waals surface area contributed by atoms with Gasteiger partial charge in [0.25, 0.3) is 10.0 Å². The number of hydrogen-bond donors (Lipinski definition) is 3. The van der Waals surface area contributed by atoms with Gasteiger partial charge in [-0.15, -0.1) is 0 Å². The molecule has 0 fully saturated rings. The van der Waals surface area contributed by atoms with Crippen molar-refractivity contribution >= 4 is 61.3 Å². The molecule has 0 unspecified atom stereocenters. The average Bonchev–Trinajstić information content (AvgIpc) is 2.76. The molecule has 4 rings (SSSR count). The highest BCUT2D eigenvalue weighted by Crippen LogP contribution is 2.23. The fraction of sp³-hybridized carbons (Fsp3) is 0.0833. The number of rotatable bonds is 7. The number of aryl methyl sites for hydroxylation is 2. The Labute approximate surface area is 206 Å². The average molecular weight is 571 g/mol. The van der Waals surface area contributed by atoms with Gasteiger partial charge in [-0.2, -0.15) is 0 Å². The largest absolute Gasteiger partial charge is 0.340 e. The van der Waals surface area contributed by atoms with Crippen LogP contribution in [0.4, 0.5) is 28.7 Å². The molecule has 168 valence electrons. The van der Waals surface area contributed by atoms with E-state index < -0.39 is 10.0 Å². The number of nitrogens with zero attached hydrogens (tertiary/aromatic N) is 2. The van der Waals surface area contributed by atoms with Crippen molar-refractivity contribution in [3.8, 4) is 0 Å². The van der Waals surface area contributed by atoms with Crippen molar-refractivity contribution in [2.45, 2.75) is 18.7 Å². The van der Waals surface area contributed by atoms with Gasteiger partial charge in [0.15, 0.2) is 0 Å². The van der Waals surface area contributed by atoms with Gasteiger partial charge < -0.3 is 10.6 Å². The molecule has 0 aliphatic carbocycles. The second-order valence-corrected chi connectivity index (χ2v) is 10.4. The van der Waals surface area contributed by atoms with E-state index in [4.69, 9.17) is 0 Å². The third-order valence-corrected chi connectivity index (χ3v) is 6.81. The molecule has 0 spiro atoms. The molecule has 9 heteroatoms. The highest BCUT2D eigenvalue weighted by molar-refractivity contribution is 14.1. The van der Waals surface area contributed by atoms with Crippen molar-refractivity contribution in [2.75, 3.05) is 15.4 Å². The maximum Gasteiger partial charge on any atom is 0.261 e. The highest BCUT2D eigenvalue weighted by atomic mass is 127. The van der Waals surface area contributed by atoms with Crippen LogP contribution >= 0.6 is 22.6 Å². The first-order chi connectivity index (χ1) is 15.8. The Morgan fingerprint density at radius 3 is 1.73 bits per heavy atom. The lowest BCUT2D eigenvalue weighted by Gasteiger charge is -2.12. The van der Waals surface area contributed by atoms with Crippen molar-refractivity contribution in [1.82, 2.24) is 9.97 Å². The van der Waals surface area contributed by atoms with E-state index in [2.05, 4.69) is 47.9 Å². The predicted molar refractivity (Wildman–Crippen MR) is 141 cm³/mol. The van der Waals surface area contributed by atoms with E-state index in [1.54, 1.807) is 48.5 Å². The molecule has 0 saturated heterocycles. The Bertz CT molecular complexity index is 1360. The number of sulfonamides is 1. The Morgan fingerprint density at radius 2 is 1.18 bits per heavy atom. The van der Waals surface area contributed by atoms with E-state index in [0.29, 0.717) is 23.1 Å². The minimum atomic E-state index is -3.65. The van der Waals surface area contributed by atoms with Crippen molar-refractivity contribution in [3.05, 3.63) is 93.8 Å². The zero-order valence-electron chi connectivity index (χ0n) is 18.0. The summed E-state index contributed by atoms with van der Waals surface area (Å²) in [6.07, 6.45) is 0. The van der Waals surface area contributed by atoms with Crippen LogP contribution in [0.2, 0.25) is 0 Å². The summed E-state index contributed by atoms with van der Waals surface area (Å²) < 4.78 is 28.7. The monoisotopic (exact) mass is 571 g/mol. The number of halogens is 1. The van der Waals surface area contributed by atoms with Gasteiger partial charge in [-0.05, 0) is 97.1 Å². The van der Waals surface area contributed by atoms with Gasteiger partial charge in [0.1, 0.15) is 17.5 Å². The van der Waals surface area contributed by atoms with Gasteiger partial charge in [-0.1, -0.05) is 17.7 Å². The first-order valence-corrected chi connectivity index (χ1v) is 12.7. The zero-order valence-corrected chi connectivity index (χ0v) is 21.0. The van der Waals surface area contributed by atoms with Crippen LogP contribution in [0, 0.1) is 17.4 Å². The third-order valence-electron chi connectivity index (χ3n) is 4.70. The predicted octanol–water partition coefficient (Wildman–Crippen LogP) is 5.99. The van der Waals surface area contributed by atoms with Crippen molar-refractivity contribution in [2.24, 2.45) is 0 Å². The smallest absolute Gasteiger partial charge is 0.261 e. The van der Waals surface area contributed by atoms with Crippen molar-refractivity contribution < 1.29 is 8.42 Å². The van der Waals surface area contributed by atoms with Gasteiger partial charge in [-0.3, -0.25) is 4.72 Å². The molecule has 0 aliphatic rings. The van der Waals surface area contributed by atoms with Gasteiger partial charge in [0, 0.05) is 26.7 Å². The molecule has 33 heavy (non-hydrogen) atoms. The van der Waals surface area contributed by atoms with Crippen LogP contribution in [0.15, 0.2) is 83.8 Å². The highest BCUT2D eigenvalue weighted by Gasteiger charge is 2.14. The van der Waals surface area contributed by atoms with E-state index in [-0.39, 0.29) is 4.90 Å². The quantitative estimate of drug-likeness (QED) is 0.236. The topological polar surface area (TPSA) is 96.0 Å². The van der Waals surface area contributed by atoms with Crippen LogP contribution in [-0.2, 0) is 10.0 Å². The number of hydrogen-bond acceptors (Lipinski definition) is 6. The molecule has 1 aromatic heterocycles. The fourth-order valence-corrected chi connectivity index (χ4v) is 4.50. The molecule has 3 N–H and O–H groups in total. The lowest BCUT2D eigenvalue weighted by atomic mass is 10.2. The minimum absolute atomic E-state index is 0.218. The van der Waals surface area contributed by atoms with Crippen LogP contribution in [0.3, 0.4) is 0 Å². The third kappa shape index (κ3) is 6.20. The zero-order chi connectivity index (χ0) is 23.4. The minimum Gasteiger partial charge on any atom is -0.340 e. The molecule has 0 aliphatic heterocycles. The molecule has 0 amide bonds. The lowest BCUT2D eigenvalue weighted by molar-refractivity contribution is 0.601. The van der Waals surface area contributed by atoms with Gasteiger partial charge in [-0.25, -0.2) is 18.4 Å². The maximum atomic E-state index is 12.6. The summed E-state index contributed by atoms with van der Waals surface area (Å²) >= 11 is 2.14. The Morgan fingerprint density at radius 1 is 0.697 bits per heavy atom. The Kier molecular flexibility index (Phi) is 6.80. The summed E-state index contributed by atoms with van der Waals surface area (Å²) in [5, 5.41) is 6.52. The molecule has 1 heterocycles. The van der Waals surface area contributed by atoms with Crippen LogP contribution in [0.1, 0.15) is 11.4 Å². The second-order valence-electron chi connectivity index (χ2n) is 7.44. The standard InChI is InChI=1S/C24H22IN5O2S/c1-16-3-7-19(8-4-16)28-23-15-24(27-17(2)26-23)29-20-9-11-21(12-10-20)30-33(31,32)22-13-5-18(25)6-14-22/h3-15,30H,1-2H3,(H2,26,27,28,29). The number of aromatic nitrogens is 2. The molecular weight excluding hydrogens is 549 g/mol. The number of anilines is 5. The summed E-state index contributed by atoms with van der Waals surface area (Å²) in [5.41, 5.74) is 3.37. The molecular formula is C24H22IN5O2S. The fourth-order valence-electron chi connectivity index (χ4n) is 3.08. The Balaban J connectivity index is 1.46. The molecule has 0 radical (unpaired) electrons. The number of benzene rings is 3. The Hall–Kier alpha value is -3.18. The lowest BCUT2D eigenvalue weighted by Crippen LogP contribution is -2.12. The molecule has 0 bridgehead atoms. The van der Waals surface area contributed by atoms with Crippen LogP contribution in [0.25, 0.3) is 0 Å². The molecule has 0 atom stereocenters. The maximum absolute atomic E-state index is 12.6. The summed E-state index contributed by atoms with van der Waals surface area (Å²) in [5.74, 6) is 1.93. The summed E-state index contributed by atoms with van der Waals surface area (Å²) in [6.45, 7) is 3.87. The van der Waals surface area contributed by atoms with E-state index in [0.717, 1.165) is 14.9 Å². The van der Waals surface area contributed by atoms with Crippen LogP contribution in [0.5, 0.6) is 0 Å². The summed E-state index contributed by atoms with van der Waals surface area (Å²) in [6, 6.07) is 23.5. The van der Waals surface area contributed by atoms with Crippen molar-refractivity contribution in [3.63, 3.8) is 0 Å². The first kappa shape index (κ1) is 23.0. The molecule has 0 saturated carbocycles. The molecule has 7 nitrogen and oxygen atoms in total. The second kappa shape index (κ2) is 9.75. The van der Waals surface area contributed by atoms with E-state index in [9.17, 15) is 8.42 Å². The first-order valence-electron chi connectivity index (χ1n) is 10.1. The van der Waals surface area contributed by atoms with Gasteiger partial charge in [0.05, 0.1) is 4.90 Å². The number of nitrogens with one attached hydrogen (secondary N) is 3. The summed E-state index contributed by atoms with van der Waals surface area (Å²) in [7, 11) is -3.65. The molecule has 3 aromatic carbocycles. The van der Waals surface area contributed by atoms with E-state index >= 15 is 0 Å². The van der Waals surface area contributed by atoms with Crippen molar-refractivity contribution in [1.29, 1.82) is 0 Å². The normalized spacial score (nSPS) is 11.1. The molecule has 4 aromatic rings. The SMILES string of the molecule is Cc1ccc(Nc2cc(Nc3ccc(NS(=O)(=O)c4ccc(I)cc4)cc3)nc(C)n2)cc1. The van der Waals surface area contributed by atoms with Crippen LogP contribution < -0.4 is 15.4 Å². The van der Waals surface area contributed by atoms with Crippen LogP contribution in [-0.4, -0.2) is 18.4 Å². The van der Waals surface area contributed by atoms with E-state index in [1.165, 1.54) is 5.56 Å². The van der Waals surface area contributed by atoms with Gasteiger partial charge >= 0.3 is 0 Å². The summed E-state index contributed by atoms with van der Waals surface area (Å²) in [4.78, 5) is 9.10.